The zero-order chi connectivity index (χ0) is 12.4. The Labute approximate surface area is 99.4 Å². The van der Waals surface area contributed by atoms with Gasteiger partial charge in [0, 0.05) is 14.1 Å². The number of nitrogens with one attached hydrogen (secondary N) is 1. The summed E-state index contributed by atoms with van der Waals surface area (Å²) >= 11 is 0. The summed E-state index contributed by atoms with van der Waals surface area (Å²) in [6, 6.07) is 5.60. The molecule has 0 aliphatic heterocycles. The first-order chi connectivity index (χ1) is 8.08. The van der Waals surface area contributed by atoms with Crippen LogP contribution in [0.5, 0.6) is 0 Å². The number of oxazole rings is 1. The van der Waals surface area contributed by atoms with Crippen LogP contribution in [-0.4, -0.2) is 30.0 Å². The van der Waals surface area contributed by atoms with Crippen molar-refractivity contribution in [2.45, 2.75) is 12.8 Å². The normalized spacial score (nSPS) is 12.9. The number of aromatic nitrogens is 1. The van der Waals surface area contributed by atoms with Gasteiger partial charge in [0.25, 0.3) is 0 Å². The van der Waals surface area contributed by atoms with Gasteiger partial charge in [0.15, 0.2) is 12.0 Å². The van der Waals surface area contributed by atoms with Crippen molar-refractivity contribution in [2.24, 2.45) is 0 Å². The number of carbonyl (C=O) groups is 1. The van der Waals surface area contributed by atoms with E-state index in [0.29, 0.717) is 5.58 Å². The standard InChI is InChI=1S/C12H15N3O2/c1-8(12(16)14-15(2)3)9-4-5-10-11(6-9)17-7-13-10/h4-8H,1-3H3,(H,14,16). The van der Waals surface area contributed by atoms with Gasteiger partial charge in [0.1, 0.15) is 5.52 Å². The number of amides is 1. The number of hydrazine groups is 1. The molecule has 0 bridgehead atoms. The minimum atomic E-state index is -0.230. The highest BCUT2D eigenvalue weighted by atomic mass is 16.3. The van der Waals surface area contributed by atoms with E-state index >= 15 is 0 Å². The van der Waals surface area contributed by atoms with Gasteiger partial charge in [0.2, 0.25) is 5.91 Å². The summed E-state index contributed by atoms with van der Waals surface area (Å²) in [6.45, 7) is 1.86. The number of hydrogen-bond acceptors (Lipinski definition) is 4. The zero-order valence-electron chi connectivity index (χ0n) is 10.1. The molecular formula is C12H15N3O2. The Balaban J connectivity index is 2.23. The predicted octanol–water partition coefficient (Wildman–Crippen LogP) is 1.52. The fourth-order valence-electron chi connectivity index (χ4n) is 1.61. The molecule has 1 unspecified atom stereocenters. The van der Waals surface area contributed by atoms with E-state index in [1.54, 1.807) is 19.1 Å². The van der Waals surface area contributed by atoms with Gasteiger partial charge in [-0.15, -0.1) is 0 Å². The fourth-order valence-corrected chi connectivity index (χ4v) is 1.61. The van der Waals surface area contributed by atoms with Crippen molar-refractivity contribution >= 4 is 17.0 Å². The van der Waals surface area contributed by atoms with Gasteiger partial charge in [0.05, 0.1) is 5.92 Å². The van der Waals surface area contributed by atoms with E-state index < -0.39 is 0 Å². The van der Waals surface area contributed by atoms with Crippen molar-refractivity contribution in [3.63, 3.8) is 0 Å². The van der Waals surface area contributed by atoms with Crippen LogP contribution in [0.4, 0.5) is 0 Å². The Morgan fingerprint density at radius 2 is 2.24 bits per heavy atom. The Morgan fingerprint density at radius 3 is 2.94 bits per heavy atom. The first-order valence-electron chi connectivity index (χ1n) is 5.39. The molecule has 1 aromatic heterocycles. The lowest BCUT2D eigenvalue weighted by Gasteiger charge is -2.16. The van der Waals surface area contributed by atoms with Gasteiger partial charge in [-0.3, -0.25) is 10.2 Å². The molecule has 1 heterocycles. The van der Waals surface area contributed by atoms with E-state index in [2.05, 4.69) is 10.4 Å². The third-order valence-electron chi connectivity index (χ3n) is 2.58. The maximum absolute atomic E-state index is 11.8. The molecule has 0 radical (unpaired) electrons. The van der Waals surface area contributed by atoms with Gasteiger partial charge in [-0.2, -0.15) is 0 Å². The van der Waals surface area contributed by atoms with Crippen LogP contribution < -0.4 is 5.43 Å². The predicted molar refractivity (Wildman–Crippen MR) is 64.3 cm³/mol. The largest absolute Gasteiger partial charge is 0.443 e. The van der Waals surface area contributed by atoms with Crippen molar-refractivity contribution in [1.29, 1.82) is 0 Å². The van der Waals surface area contributed by atoms with Crippen LogP contribution in [0.2, 0.25) is 0 Å². The van der Waals surface area contributed by atoms with E-state index in [9.17, 15) is 4.79 Å². The molecule has 5 nitrogen and oxygen atoms in total. The van der Waals surface area contributed by atoms with Crippen molar-refractivity contribution in [2.75, 3.05) is 14.1 Å². The smallest absolute Gasteiger partial charge is 0.241 e. The molecule has 2 aromatic rings. The molecular weight excluding hydrogens is 218 g/mol. The molecule has 1 N–H and O–H groups in total. The van der Waals surface area contributed by atoms with E-state index in [1.165, 1.54) is 6.39 Å². The second-order valence-corrected chi connectivity index (χ2v) is 4.17. The first kappa shape index (κ1) is 11.6. The highest BCUT2D eigenvalue weighted by molar-refractivity contribution is 5.84. The zero-order valence-corrected chi connectivity index (χ0v) is 10.1. The van der Waals surface area contributed by atoms with E-state index in [4.69, 9.17) is 4.42 Å². The van der Waals surface area contributed by atoms with Gasteiger partial charge in [-0.05, 0) is 24.6 Å². The Hall–Kier alpha value is -1.88. The average molecular weight is 233 g/mol. The quantitative estimate of drug-likeness (QED) is 0.817. The van der Waals surface area contributed by atoms with Crippen LogP contribution >= 0.6 is 0 Å². The molecule has 0 spiro atoms. The van der Waals surface area contributed by atoms with Crippen LogP contribution in [0.3, 0.4) is 0 Å². The van der Waals surface area contributed by atoms with Crippen LogP contribution in [0.25, 0.3) is 11.1 Å². The summed E-state index contributed by atoms with van der Waals surface area (Å²) in [4.78, 5) is 15.9. The topological polar surface area (TPSA) is 58.4 Å². The third-order valence-corrected chi connectivity index (χ3v) is 2.58. The minimum Gasteiger partial charge on any atom is -0.443 e. The lowest BCUT2D eigenvalue weighted by molar-refractivity contribution is -0.125. The van der Waals surface area contributed by atoms with E-state index in [0.717, 1.165) is 11.1 Å². The minimum absolute atomic E-state index is 0.0473. The van der Waals surface area contributed by atoms with Crippen molar-refractivity contribution in [3.05, 3.63) is 30.2 Å². The SMILES string of the molecule is CC(C(=O)NN(C)C)c1ccc2ncoc2c1. The Kier molecular flexibility index (Phi) is 3.10. The number of carbonyl (C=O) groups excluding carboxylic acids is 1. The maximum atomic E-state index is 11.8. The Morgan fingerprint density at radius 1 is 1.47 bits per heavy atom. The first-order valence-corrected chi connectivity index (χ1v) is 5.39. The lowest BCUT2D eigenvalue weighted by Crippen LogP contribution is -2.38. The van der Waals surface area contributed by atoms with Gasteiger partial charge < -0.3 is 4.42 Å². The summed E-state index contributed by atoms with van der Waals surface area (Å²) in [5.41, 5.74) is 5.14. The molecule has 1 amide bonds. The van der Waals surface area contributed by atoms with E-state index in [-0.39, 0.29) is 11.8 Å². The summed E-state index contributed by atoms with van der Waals surface area (Å²) < 4.78 is 5.22. The molecule has 90 valence electrons. The molecule has 2 rings (SSSR count). The molecule has 0 aliphatic carbocycles. The highest BCUT2D eigenvalue weighted by Gasteiger charge is 2.16. The average Bonchev–Trinajstić information content (AvgIpc) is 2.73. The summed E-state index contributed by atoms with van der Waals surface area (Å²) in [7, 11) is 3.56. The second-order valence-electron chi connectivity index (χ2n) is 4.17. The van der Waals surface area contributed by atoms with Gasteiger partial charge in [-0.1, -0.05) is 6.07 Å². The molecule has 0 aliphatic rings. The summed E-state index contributed by atoms with van der Waals surface area (Å²) in [5.74, 6) is -0.277. The molecule has 0 fully saturated rings. The summed E-state index contributed by atoms with van der Waals surface area (Å²) in [5, 5.41) is 1.63. The molecule has 5 heteroatoms. The van der Waals surface area contributed by atoms with Crippen LogP contribution in [0.1, 0.15) is 18.4 Å². The fraction of sp³-hybridized carbons (Fsp3) is 0.333. The second kappa shape index (κ2) is 4.55. The lowest BCUT2D eigenvalue weighted by atomic mass is 10.0. The van der Waals surface area contributed by atoms with Crippen molar-refractivity contribution in [1.82, 2.24) is 15.4 Å². The molecule has 0 saturated carbocycles. The summed E-state index contributed by atoms with van der Waals surface area (Å²) in [6.07, 6.45) is 1.40. The maximum Gasteiger partial charge on any atom is 0.241 e. The molecule has 0 saturated heterocycles. The molecule has 1 atom stereocenters. The molecule has 17 heavy (non-hydrogen) atoms. The number of hydrogen-bond donors (Lipinski definition) is 1. The van der Waals surface area contributed by atoms with Crippen LogP contribution in [0, 0.1) is 0 Å². The number of nitrogens with zero attached hydrogens (tertiary/aromatic N) is 2. The van der Waals surface area contributed by atoms with E-state index in [1.807, 2.05) is 25.1 Å². The van der Waals surface area contributed by atoms with Crippen LogP contribution in [-0.2, 0) is 4.79 Å². The monoisotopic (exact) mass is 233 g/mol. The van der Waals surface area contributed by atoms with Gasteiger partial charge >= 0.3 is 0 Å². The van der Waals surface area contributed by atoms with Crippen molar-refractivity contribution < 1.29 is 9.21 Å². The number of benzene rings is 1. The van der Waals surface area contributed by atoms with Gasteiger partial charge in [-0.25, -0.2) is 9.99 Å². The highest BCUT2D eigenvalue weighted by Crippen LogP contribution is 2.21. The number of fused-ring (bicyclic) bond motifs is 1. The molecule has 1 aromatic carbocycles. The third kappa shape index (κ3) is 2.45. The van der Waals surface area contributed by atoms with Crippen LogP contribution in [0.15, 0.2) is 29.0 Å². The Bertz CT molecular complexity index is 533. The number of rotatable bonds is 3. The van der Waals surface area contributed by atoms with Crippen molar-refractivity contribution in [3.8, 4) is 0 Å².